The minimum atomic E-state index is -1.35. The third-order valence-electron chi connectivity index (χ3n) is 8.68. The number of rotatable bonds is 14. The number of halogens is 1. The molecule has 0 unspecified atom stereocenters. The number of hydrogen-bond donors (Lipinski definition) is 3. The fourth-order valence-electron chi connectivity index (χ4n) is 5.92. The van der Waals surface area contributed by atoms with E-state index in [4.69, 9.17) is 19.6 Å². The van der Waals surface area contributed by atoms with Crippen molar-refractivity contribution in [3.05, 3.63) is 154 Å². The van der Waals surface area contributed by atoms with E-state index in [1.54, 1.807) is 0 Å². The van der Waals surface area contributed by atoms with Crippen molar-refractivity contribution in [2.45, 2.75) is 31.0 Å². The molecule has 0 bridgehead atoms. The number of nitrogens with one attached hydrogen (secondary N) is 2. The highest BCUT2D eigenvalue weighted by molar-refractivity contribution is 9.10. The van der Waals surface area contributed by atoms with Gasteiger partial charge in [-0.25, -0.2) is 10.4 Å². The summed E-state index contributed by atoms with van der Waals surface area (Å²) in [6.07, 6.45) is 0.112. The molecule has 2 atom stereocenters. The molecule has 1 amide bonds. The van der Waals surface area contributed by atoms with Gasteiger partial charge in [0.2, 0.25) is 5.90 Å². The van der Waals surface area contributed by atoms with Crippen molar-refractivity contribution >= 4 is 33.4 Å². The predicted octanol–water partition coefficient (Wildman–Crippen LogP) is 7.26. The minimum Gasteiger partial charge on any atom is -0.494 e. The molecule has 0 saturated heterocycles. The first kappa shape index (κ1) is 34.9. The number of aliphatic hydroxyl groups excluding tert-OH is 1. The van der Waals surface area contributed by atoms with Crippen LogP contribution in [0.5, 0.6) is 5.75 Å². The lowest BCUT2D eigenvalue weighted by Gasteiger charge is -2.31. The van der Waals surface area contributed by atoms with Crippen molar-refractivity contribution in [3.63, 3.8) is 0 Å². The molecule has 256 valence electrons. The number of aliphatic imine (C=N–C) groups is 1. The Morgan fingerprint density at radius 3 is 2.14 bits per heavy atom. The van der Waals surface area contributed by atoms with Crippen LogP contribution in [0.15, 0.2) is 137 Å². The lowest BCUT2D eigenvalue weighted by molar-refractivity contribution is -0.130. The molecule has 0 radical (unpaired) electrons. The van der Waals surface area contributed by atoms with E-state index in [-0.39, 0.29) is 12.5 Å². The second-order valence-electron chi connectivity index (χ2n) is 12.4. The van der Waals surface area contributed by atoms with Gasteiger partial charge in [0, 0.05) is 55.8 Å². The Balaban J connectivity index is 1.35. The van der Waals surface area contributed by atoms with Gasteiger partial charge in [-0.3, -0.25) is 10.2 Å². The SMILES string of the molecule is CN(C)c1ccc(CNNC(=O)[C@@]2(Cc3ccc(Br)cc3)N=C(c3ccc(OCCCO)cc3)O[C@H]2c2ccc(-c3ccccc3)cc2)cc1. The Hall–Kier alpha value is -4.96. The van der Waals surface area contributed by atoms with E-state index in [1.165, 1.54) is 0 Å². The van der Waals surface area contributed by atoms with Crippen molar-refractivity contribution in [2.75, 3.05) is 32.2 Å². The molecule has 3 N–H and O–H groups in total. The van der Waals surface area contributed by atoms with Gasteiger partial charge >= 0.3 is 0 Å². The Bertz CT molecular complexity index is 1880. The van der Waals surface area contributed by atoms with Gasteiger partial charge in [0.25, 0.3) is 5.91 Å². The number of benzene rings is 5. The molecule has 6 rings (SSSR count). The molecule has 1 aliphatic heterocycles. The molecular formula is C41H41BrN4O4. The quantitative estimate of drug-likeness (QED) is 0.0822. The number of amides is 1. The smallest absolute Gasteiger partial charge is 0.266 e. The Morgan fingerprint density at radius 2 is 1.48 bits per heavy atom. The molecule has 9 heteroatoms. The highest BCUT2D eigenvalue weighted by atomic mass is 79.9. The molecule has 0 aliphatic carbocycles. The lowest BCUT2D eigenvalue weighted by Crippen LogP contribution is -2.53. The van der Waals surface area contributed by atoms with Gasteiger partial charge in [0.05, 0.1) is 6.61 Å². The highest BCUT2D eigenvalue weighted by Crippen LogP contribution is 2.43. The van der Waals surface area contributed by atoms with Crippen LogP contribution in [0, 0.1) is 0 Å². The van der Waals surface area contributed by atoms with Gasteiger partial charge in [-0.05, 0) is 76.3 Å². The zero-order valence-electron chi connectivity index (χ0n) is 28.2. The van der Waals surface area contributed by atoms with Crippen molar-refractivity contribution < 1.29 is 19.4 Å². The predicted molar refractivity (Wildman–Crippen MR) is 202 cm³/mol. The maximum Gasteiger partial charge on any atom is 0.266 e. The molecule has 0 fully saturated rings. The van der Waals surface area contributed by atoms with Crippen LogP contribution < -0.4 is 20.5 Å². The lowest BCUT2D eigenvalue weighted by atomic mass is 9.82. The van der Waals surface area contributed by atoms with Crippen molar-refractivity contribution in [1.29, 1.82) is 0 Å². The largest absolute Gasteiger partial charge is 0.494 e. The van der Waals surface area contributed by atoms with Crippen LogP contribution in [0.25, 0.3) is 11.1 Å². The molecule has 8 nitrogen and oxygen atoms in total. The van der Waals surface area contributed by atoms with Crippen molar-refractivity contribution in [2.24, 2.45) is 4.99 Å². The van der Waals surface area contributed by atoms with Gasteiger partial charge in [-0.15, -0.1) is 0 Å². The number of carbonyl (C=O) groups is 1. The highest BCUT2D eigenvalue weighted by Gasteiger charge is 2.53. The van der Waals surface area contributed by atoms with Gasteiger partial charge in [-0.1, -0.05) is 94.8 Å². The summed E-state index contributed by atoms with van der Waals surface area (Å²) in [5.74, 6) is 0.743. The molecule has 0 saturated carbocycles. The van der Waals surface area contributed by atoms with E-state index < -0.39 is 11.6 Å². The summed E-state index contributed by atoms with van der Waals surface area (Å²) >= 11 is 3.54. The van der Waals surface area contributed by atoms with E-state index in [0.29, 0.717) is 37.6 Å². The molecule has 0 spiro atoms. The van der Waals surface area contributed by atoms with E-state index in [0.717, 1.165) is 43.5 Å². The first-order chi connectivity index (χ1) is 24.3. The monoisotopic (exact) mass is 732 g/mol. The third kappa shape index (κ3) is 8.25. The minimum absolute atomic E-state index is 0.0660. The van der Waals surface area contributed by atoms with Crippen molar-refractivity contribution in [1.82, 2.24) is 10.9 Å². The van der Waals surface area contributed by atoms with Gasteiger partial charge in [0.1, 0.15) is 5.75 Å². The fourth-order valence-corrected chi connectivity index (χ4v) is 6.19. The first-order valence-corrected chi connectivity index (χ1v) is 17.4. The molecule has 5 aromatic rings. The van der Waals surface area contributed by atoms with Crippen LogP contribution in [-0.4, -0.2) is 49.8 Å². The topological polar surface area (TPSA) is 95.4 Å². The second kappa shape index (κ2) is 16.2. The average Bonchev–Trinajstić information content (AvgIpc) is 3.54. The summed E-state index contributed by atoms with van der Waals surface area (Å²) in [5.41, 5.74) is 11.6. The molecule has 1 aliphatic rings. The van der Waals surface area contributed by atoms with Crippen LogP contribution in [0.3, 0.4) is 0 Å². The van der Waals surface area contributed by atoms with Crippen LogP contribution in [0.2, 0.25) is 0 Å². The summed E-state index contributed by atoms with van der Waals surface area (Å²) < 4.78 is 13.4. The average molecular weight is 734 g/mol. The zero-order valence-corrected chi connectivity index (χ0v) is 29.8. The van der Waals surface area contributed by atoms with Crippen LogP contribution in [0.1, 0.15) is 34.8 Å². The van der Waals surface area contributed by atoms with E-state index >= 15 is 0 Å². The summed E-state index contributed by atoms with van der Waals surface area (Å²) in [7, 11) is 4.01. The first-order valence-electron chi connectivity index (χ1n) is 16.6. The van der Waals surface area contributed by atoms with E-state index in [9.17, 15) is 4.79 Å². The second-order valence-corrected chi connectivity index (χ2v) is 13.4. The Morgan fingerprint density at radius 1 is 0.840 bits per heavy atom. The number of anilines is 1. The molecule has 50 heavy (non-hydrogen) atoms. The molecule has 0 aromatic heterocycles. The van der Waals surface area contributed by atoms with E-state index in [2.05, 4.69) is 51.0 Å². The normalized spacial score (nSPS) is 16.7. The van der Waals surface area contributed by atoms with Gasteiger partial charge in [0.15, 0.2) is 11.6 Å². The maximum atomic E-state index is 14.6. The summed E-state index contributed by atoms with van der Waals surface area (Å²) in [5, 5.41) is 9.12. The summed E-state index contributed by atoms with van der Waals surface area (Å²) in [6.45, 7) is 0.910. The number of aliphatic hydroxyl groups is 1. The standard InChI is InChI=1S/C41H41BrN4O4/c1-46(2)36-21-11-30(12-22-36)28-43-45-40(48)41(27-29-9-19-35(42)20-10-29)38(33-15-13-32(14-16-33)31-7-4-3-5-8-31)50-39(44-41)34-17-23-37(24-18-34)49-26-6-25-47/h3-5,7-24,38,43,47H,6,25-28H2,1-2H3,(H,45,48)/t38-,41-/m0/s1. The Labute approximate surface area is 301 Å². The number of hydrogen-bond acceptors (Lipinski definition) is 7. The maximum absolute atomic E-state index is 14.6. The summed E-state index contributed by atoms with van der Waals surface area (Å²) in [6, 6.07) is 41.9. The van der Waals surface area contributed by atoms with Crippen LogP contribution in [-0.2, 0) is 22.5 Å². The van der Waals surface area contributed by atoms with Crippen molar-refractivity contribution in [3.8, 4) is 16.9 Å². The van der Waals surface area contributed by atoms with Crippen LogP contribution >= 0.6 is 15.9 Å². The third-order valence-corrected chi connectivity index (χ3v) is 9.21. The Kier molecular flexibility index (Phi) is 11.3. The van der Waals surface area contributed by atoms with Gasteiger partial charge < -0.3 is 19.5 Å². The summed E-state index contributed by atoms with van der Waals surface area (Å²) in [4.78, 5) is 21.8. The molecule has 1 heterocycles. The van der Waals surface area contributed by atoms with E-state index in [1.807, 2.05) is 122 Å². The molecular weight excluding hydrogens is 692 g/mol. The molecule has 5 aromatic carbocycles. The zero-order chi connectivity index (χ0) is 34.9. The number of carbonyl (C=O) groups excluding carboxylic acids is 1. The number of hydrazine groups is 1. The number of ether oxygens (including phenoxy) is 2. The number of nitrogens with zero attached hydrogens (tertiary/aromatic N) is 2. The van der Waals surface area contributed by atoms with Gasteiger partial charge in [-0.2, -0.15) is 0 Å². The fraction of sp³-hybridized carbons (Fsp3) is 0.220. The van der Waals surface area contributed by atoms with Crippen LogP contribution in [0.4, 0.5) is 5.69 Å².